The van der Waals surface area contributed by atoms with Crippen LogP contribution in [0.15, 0.2) is 113 Å². The van der Waals surface area contributed by atoms with Crippen LogP contribution in [-0.2, 0) is 45.4 Å². The van der Waals surface area contributed by atoms with Crippen LogP contribution in [0, 0.1) is 13.8 Å². The second kappa shape index (κ2) is 25.6. The first kappa shape index (κ1) is 55.1. The van der Waals surface area contributed by atoms with E-state index in [1.54, 1.807) is 62.6 Å². The maximum Gasteiger partial charge on any atom is 0.293 e. The number of carbonyl (C=O) groups excluding carboxylic acids is 4. The van der Waals surface area contributed by atoms with Gasteiger partial charge in [0, 0.05) is 88.6 Å². The zero-order chi connectivity index (χ0) is 54.7. The minimum absolute atomic E-state index is 0.0584. The number of ether oxygens (including phenoxy) is 2. The number of aryl methyl sites for hydroxylation is 2. The number of nitrogens with one attached hydrogen (secondary N) is 6. The molecule has 3 fully saturated rings. The van der Waals surface area contributed by atoms with Crippen LogP contribution in [0.1, 0.15) is 102 Å². The van der Waals surface area contributed by atoms with Crippen LogP contribution in [-0.4, -0.2) is 80.6 Å². The lowest BCUT2D eigenvalue weighted by Gasteiger charge is -2.31. The molecule has 3 aliphatic rings. The van der Waals surface area contributed by atoms with E-state index in [9.17, 15) is 28.8 Å². The van der Waals surface area contributed by atoms with Crippen molar-refractivity contribution in [3.63, 3.8) is 0 Å². The Balaban J connectivity index is 0.819. The summed E-state index contributed by atoms with van der Waals surface area (Å²) in [5, 5.41) is 19.1. The fraction of sp³-hybridized carbons (Fsp3) is 0.379. The van der Waals surface area contributed by atoms with Gasteiger partial charge in [-0.15, -0.1) is 0 Å². The molecular weight excluding hydrogens is 1040 g/mol. The number of anilines is 2. The van der Waals surface area contributed by atoms with Crippen LogP contribution < -0.4 is 52.5 Å². The topological polar surface area (TPSA) is 229 Å². The van der Waals surface area contributed by atoms with E-state index in [4.69, 9.17) is 32.7 Å². The Hall–Kier alpha value is -7.70. The number of nitrogens with zero attached hydrogens (tertiary/aromatic N) is 4. The Bertz CT molecular complexity index is 3270. The van der Waals surface area contributed by atoms with Crippen molar-refractivity contribution in [3.05, 3.63) is 173 Å². The number of benzene rings is 4. The molecule has 18 nitrogen and oxygen atoms in total. The van der Waals surface area contributed by atoms with Crippen LogP contribution in [0.2, 0.25) is 10.0 Å². The summed E-state index contributed by atoms with van der Waals surface area (Å²) >= 11 is 12.6. The van der Waals surface area contributed by atoms with Crippen molar-refractivity contribution in [1.82, 2.24) is 40.4 Å². The van der Waals surface area contributed by atoms with Gasteiger partial charge in [0.1, 0.15) is 24.6 Å². The summed E-state index contributed by atoms with van der Waals surface area (Å²) in [4.78, 5) is 88.2. The lowest BCUT2D eigenvalue weighted by atomic mass is 9.80. The van der Waals surface area contributed by atoms with Crippen molar-refractivity contribution >= 4 is 58.5 Å². The minimum Gasteiger partial charge on any atom is -0.483 e. The van der Waals surface area contributed by atoms with Crippen molar-refractivity contribution in [3.8, 4) is 11.5 Å². The van der Waals surface area contributed by atoms with Gasteiger partial charge in [0.2, 0.25) is 11.8 Å². The molecule has 3 unspecified atom stereocenters. The van der Waals surface area contributed by atoms with Crippen LogP contribution in [0.3, 0.4) is 0 Å². The highest BCUT2D eigenvalue weighted by Gasteiger charge is 2.28. The number of hydrogen-bond donors (Lipinski definition) is 6. The molecule has 4 aromatic carbocycles. The lowest BCUT2D eigenvalue weighted by molar-refractivity contribution is -0.124. The van der Waals surface area contributed by atoms with E-state index in [2.05, 4.69) is 78.3 Å². The van der Waals surface area contributed by atoms with Crippen LogP contribution in [0.25, 0.3) is 0 Å². The Morgan fingerprint density at radius 2 is 1.15 bits per heavy atom. The molecule has 9 rings (SSSR count). The van der Waals surface area contributed by atoms with E-state index in [0.29, 0.717) is 50.6 Å². The number of amides is 4. The molecule has 3 aliphatic carbocycles. The van der Waals surface area contributed by atoms with Gasteiger partial charge in [-0.3, -0.25) is 37.9 Å². The van der Waals surface area contributed by atoms with Gasteiger partial charge in [0.25, 0.3) is 22.9 Å². The maximum atomic E-state index is 14.0. The Morgan fingerprint density at radius 1 is 0.615 bits per heavy atom. The summed E-state index contributed by atoms with van der Waals surface area (Å²) in [5.74, 6) is -0.145. The summed E-state index contributed by atoms with van der Waals surface area (Å²) in [5.41, 5.74) is 4.59. The SMILES string of the molecule is Cc1cnc(NCC(c2ccccc2)c2cccc(C3CCCC(Nc4ncc(C)n(CC(=O)NCc5cc(Cl)ccc5OCC(=O)NC5CC5)c4=O)C3)c2)c(=O)n1CC(=O)NCc1cc(Cl)ccc1OCC(=O)NC1CC1. The zero-order valence-corrected chi connectivity index (χ0v) is 45.1. The second-order valence-corrected chi connectivity index (χ2v) is 21.2. The summed E-state index contributed by atoms with van der Waals surface area (Å²) in [6.07, 6.45) is 10.4. The van der Waals surface area contributed by atoms with E-state index in [1.807, 2.05) is 18.2 Å². The van der Waals surface area contributed by atoms with Crippen molar-refractivity contribution in [2.45, 2.75) is 121 Å². The third kappa shape index (κ3) is 15.1. The predicted octanol–water partition coefficient (Wildman–Crippen LogP) is 7.05. The third-order valence-electron chi connectivity index (χ3n) is 14.2. The lowest BCUT2D eigenvalue weighted by Crippen LogP contribution is -2.36. The van der Waals surface area contributed by atoms with E-state index in [1.165, 1.54) is 9.13 Å². The highest BCUT2D eigenvalue weighted by atomic mass is 35.5. The fourth-order valence-corrected chi connectivity index (χ4v) is 10.0. The number of rotatable bonds is 24. The molecule has 20 heteroatoms. The summed E-state index contributed by atoms with van der Waals surface area (Å²) in [7, 11) is 0. The van der Waals surface area contributed by atoms with E-state index < -0.39 is 22.9 Å². The summed E-state index contributed by atoms with van der Waals surface area (Å²) < 4.78 is 14.3. The zero-order valence-electron chi connectivity index (χ0n) is 43.6. The molecular formula is C58H64Cl2N10O8. The van der Waals surface area contributed by atoms with Gasteiger partial charge >= 0.3 is 0 Å². The molecule has 2 aromatic heterocycles. The number of carbonyl (C=O) groups is 4. The molecule has 0 saturated heterocycles. The maximum absolute atomic E-state index is 14.0. The van der Waals surface area contributed by atoms with E-state index >= 15 is 0 Å². The van der Waals surface area contributed by atoms with Gasteiger partial charge in [-0.2, -0.15) is 0 Å². The predicted molar refractivity (Wildman–Crippen MR) is 298 cm³/mol. The molecule has 78 heavy (non-hydrogen) atoms. The quantitative estimate of drug-likeness (QED) is 0.0358. The standard InChI is InChI=1S/C58H64Cl2N10O8/c1-35-26-63-55(57(75)69(35)31-51(71)61-28-41-23-43(59)14-20-49(41)77-33-53(73)66-45-16-17-45)65-30-48(37-8-4-3-5-9-37)40-12-6-10-38(22-40)39-11-7-13-47(25-39)68-56-58(76)70(36(2)27-64-56)32-52(72)62-29-42-24-44(60)15-21-50(42)78-34-54(74)67-46-18-19-46/h3-6,8-10,12,14-15,20-24,26-27,39,45-48H,7,11,13,16-19,25,28-34H2,1-2H3,(H,61,71)(H,62,72)(H,63,65)(H,64,68)(H,66,73)(H,67,74). The van der Waals surface area contributed by atoms with E-state index in [-0.39, 0.29) is 92.8 Å². The number of hydrogen-bond acceptors (Lipinski definition) is 12. The van der Waals surface area contributed by atoms with Gasteiger partial charge in [-0.1, -0.05) is 84.2 Å². The molecule has 408 valence electrons. The summed E-state index contributed by atoms with van der Waals surface area (Å²) in [6, 6.07) is 28.8. The molecule has 3 saturated carbocycles. The molecule has 0 spiro atoms. The van der Waals surface area contributed by atoms with Gasteiger partial charge in [0.05, 0.1) is 0 Å². The first-order valence-electron chi connectivity index (χ1n) is 26.5. The van der Waals surface area contributed by atoms with Crippen LogP contribution in [0.4, 0.5) is 11.6 Å². The number of halogens is 2. The molecule has 0 aliphatic heterocycles. The third-order valence-corrected chi connectivity index (χ3v) is 14.7. The van der Waals surface area contributed by atoms with Gasteiger partial charge in [0.15, 0.2) is 24.8 Å². The van der Waals surface area contributed by atoms with Crippen molar-refractivity contribution in [1.29, 1.82) is 0 Å². The number of aromatic nitrogens is 4. The molecule has 3 atom stereocenters. The molecule has 6 aromatic rings. The van der Waals surface area contributed by atoms with E-state index in [0.717, 1.165) is 68.1 Å². The Kier molecular flexibility index (Phi) is 18.1. The van der Waals surface area contributed by atoms with Crippen molar-refractivity contribution in [2.75, 3.05) is 30.4 Å². The average molecular weight is 1100 g/mol. The smallest absolute Gasteiger partial charge is 0.293 e. The highest BCUT2D eigenvalue weighted by molar-refractivity contribution is 6.31. The monoisotopic (exact) mass is 1100 g/mol. The Morgan fingerprint density at radius 3 is 1.72 bits per heavy atom. The van der Waals surface area contributed by atoms with Gasteiger partial charge in [-0.05, 0) is 118 Å². The molecule has 2 heterocycles. The van der Waals surface area contributed by atoms with Gasteiger partial charge in [-0.25, -0.2) is 9.97 Å². The first-order chi connectivity index (χ1) is 37.7. The first-order valence-corrected chi connectivity index (χ1v) is 27.2. The summed E-state index contributed by atoms with van der Waals surface area (Å²) in [6.45, 7) is 3.09. The fourth-order valence-electron chi connectivity index (χ4n) is 9.64. The largest absolute Gasteiger partial charge is 0.483 e. The highest BCUT2D eigenvalue weighted by Crippen LogP contribution is 2.36. The minimum atomic E-state index is -0.445. The molecule has 4 amide bonds. The molecule has 0 radical (unpaired) electrons. The van der Waals surface area contributed by atoms with Crippen molar-refractivity contribution in [2.24, 2.45) is 0 Å². The average Bonchev–Trinajstić information content (AvgIpc) is 4.43. The normalized spacial score (nSPS) is 16.3. The van der Waals surface area contributed by atoms with Crippen LogP contribution in [0.5, 0.6) is 11.5 Å². The van der Waals surface area contributed by atoms with Crippen LogP contribution >= 0.6 is 23.2 Å². The van der Waals surface area contributed by atoms with Gasteiger partial charge < -0.3 is 41.4 Å². The molecule has 0 bridgehead atoms. The second-order valence-electron chi connectivity index (χ2n) is 20.3. The molecule has 6 N–H and O–H groups in total. The Labute approximate surface area is 462 Å². The van der Waals surface area contributed by atoms with Crippen molar-refractivity contribution < 1.29 is 28.7 Å².